The zero-order valence-corrected chi connectivity index (χ0v) is 21.8. The monoisotopic (exact) mass is 520 g/mol. The molecule has 0 saturated carbocycles. The molecule has 4 rings (SSSR count). The van der Waals surface area contributed by atoms with Gasteiger partial charge in [-0.15, -0.1) is 10.2 Å². The van der Waals surface area contributed by atoms with Crippen molar-refractivity contribution in [2.45, 2.75) is 45.8 Å². The van der Waals surface area contributed by atoms with Crippen LogP contribution < -0.4 is 15.0 Å². The fourth-order valence-electron chi connectivity index (χ4n) is 3.81. The van der Waals surface area contributed by atoms with E-state index in [1.165, 1.54) is 36.3 Å². The molecule has 2 aromatic carbocycles. The first kappa shape index (κ1) is 26.5. The number of benzene rings is 2. The molecule has 198 valence electrons. The molecule has 2 amide bonds. The summed E-state index contributed by atoms with van der Waals surface area (Å²) >= 11 is 0. The number of furan rings is 1. The topological polar surface area (TPSA) is 115 Å². The van der Waals surface area contributed by atoms with E-state index >= 15 is 0 Å². The first-order chi connectivity index (χ1) is 18.0. The lowest BCUT2D eigenvalue weighted by atomic mass is 10.1. The van der Waals surface area contributed by atoms with Gasteiger partial charge in [0.1, 0.15) is 29.6 Å². The molecule has 0 bridgehead atoms. The van der Waals surface area contributed by atoms with E-state index in [1.807, 2.05) is 20.8 Å². The minimum absolute atomic E-state index is 0.234. The summed E-state index contributed by atoms with van der Waals surface area (Å²) in [5.41, 5.74) is 0.423. The Morgan fingerprint density at radius 2 is 1.76 bits per heavy atom. The molecule has 10 nitrogen and oxygen atoms in total. The lowest BCUT2D eigenvalue weighted by molar-refractivity contribution is -0.128. The van der Waals surface area contributed by atoms with Crippen LogP contribution in [-0.2, 0) is 16.1 Å². The van der Waals surface area contributed by atoms with Crippen LogP contribution in [0.2, 0.25) is 0 Å². The largest absolute Gasteiger partial charge is 0.497 e. The van der Waals surface area contributed by atoms with Crippen LogP contribution in [0.15, 0.2) is 65.1 Å². The fourth-order valence-corrected chi connectivity index (χ4v) is 3.81. The Labute approximate surface area is 219 Å². The summed E-state index contributed by atoms with van der Waals surface area (Å²) in [4.78, 5) is 29.9. The molecule has 1 unspecified atom stereocenters. The highest BCUT2D eigenvalue weighted by Gasteiger charge is 2.37. The number of carbonyl (C=O) groups is 2. The van der Waals surface area contributed by atoms with Gasteiger partial charge >= 0.3 is 0 Å². The Kier molecular flexibility index (Phi) is 7.56. The van der Waals surface area contributed by atoms with Crippen molar-refractivity contribution in [3.63, 3.8) is 0 Å². The molecular formula is C27H29FN6O4. The van der Waals surface area contributed by atoms with E-state index in [4.69, 9.17) is 9.15 Å². The lowest BCUT2D eigenvalue weighted by Gasteiger charge is -2.32. The quantitative estimate of drug-likeness (QED) is 0.372. The maximum absolute atomic E-state index is 13.8. The van der Waals surface area contributed by atoms with E-state index in [1.54, 1.807) is 43.3 Å². The van der Waals surface area contributed by atoms with E-state index in [0.717, 1.165) is 4.80 Å². The summed E-state index contributed by atoms with van der Waals surface area (Å²) in [6.45, 7) is 7.00. The van der Waals surface area contributed by atoms with Gasteiger partial charge in [-0.05, 0) is 93.6 Å². The summed E-state index contributed by atoms with van der Waals surface area (Å²) in [6.07, 6.45) is 0. The van der Waals surface area contributed by atoms with Crippen LogP contribution in [0.1, 0.15) is 38.3 Å². The molecular weight excluding hydrogens is 491 g/mol. The van der Waals surface area contributed by atoms with Crippen molar-refractivity contribution in [2.75, 3.05) is 12.0 Å². The standard InChI is InChI=1S/C27H29FN6O4/c1-17-6-15-22(38-17)24(26(36)29-27(2,3)4)34(20-11-13-21(37-5)14-12-20)23(35)16-33-31-25(30-32-33)18-7-9-19(28)10-8-18/h6-15,24H,16H2,1-5H3,(H,29,36). The minimum Gasteiger partial charge on any atom is -0.497 e. The summed E-state index contributed by atoms with van der Waals surface area (Å²) in [7, 11) is 1.54. The predicted octanol–water partition coefficient (Wildman–Crippen LogP) is 4.08. The van der Waals surface area contributed by atoms with Crippen molar-refractivity contribution in [3.05, 3.63) is 78.0 Å². The van der Waals surface area contributed by atoms with Gasteiger partial charge in [0.05, 0.1) is 7.11 Å². The number of methoxy groups -OCH3 is 1. The van der Waals surface area contributed by atoms with E-state index < -0.39 is 23.4 Å². The van der Waals surface area contributed by atoms with Gasteiger partial charge in [-0.3, -0.25) is 14.5 Å². The number of amides is 2. The van der Waals surface area contributed by atoms with Crippen molar-refractivity contribution in [2.24, 2.45) is 0 Å². The number of ether oxygens (including phenoxy) is 1. The van der Waals surface area contributed by atoms with E-state index in [2.05, 4.69) is 20.7 Å². The van der Waals surface area contributed by atoms with Crippen LogP contribution in [0.5, 0.6) is 5.75 Å². The normalized spacial score (nSPS) is 12.2. The van der Waals surface area contributed by atoms with Crippen LogP contribution in [0.3, 0.4) is 0 Å². The number of nitrogens with zero attached hydrogens (tertiary/aromatic N) is 5. The molecule has 1 atom stereocenters. The lowest BCUT2D eigenvalue weighted by Crippen LogP contribution is -2.50. The third-order valence-electron chi connectivity index (χ3n) is 5.49. The van der Waals surface area contributed by atoms with E-state index in [-0.39, 0.29) is 18.2 Å². The minimum atomic E-state index is -1.12. The molecule has 0 saturated heterocycles. The van der Waals surface area contributed by atoms with Crippen LogP contribution in [-0.4, -0.2) is 44.7 Å². The van der Waals surface area contributed by atoms with Crippen LogP contribution in [0.25, 0.3) is 11.4 Å². The first-order valence-electron chi connectivity index (χ1n) is 11.9. The number of anilines is 1. The number of hydrogen-bond donors (Lipinski definition) is 1. The maximum Gasteiger partial charge on any atom is 0.251 e. The zero-order chi connectivity index (χ0) is 27.4. The Morgan fingerprint density at radius 3 is 2.34 bits per heavy atom. The Balaban J connectivity index is 1.72. The van der Waals surface area contributed by atoms with Gasteiger partial charge < -0.3 is 14.5 Å². The van der Waals surface area contributed by atoms with Crippen LogP contribution in [0, 0.1) is 12.7 Å². The number of aryl methyl sites for hydroxylation is 1. The van der Waals surface area contributed by atoms with Crippen molar-refractivity contribution in [3.8, 4) is 17.1 Å². The first-order valence-corrected chi connectivity index (χ1v) is 11.9. The molecule has 0 aliphatic carbocycles. The maximum atomic E-state index is 13.8. The van der Waals surface area contributed by atoms with Crippen molar-refractivity contribution in [1.82, 2.24) is 25.5 Å². The van der Waals surface area contributed by atoms with Crippen molar-refractivity contribution < 1.29 is 23.1 Å². The summed E-state index contributed by atoms with van der Waals surface area (Å²) in [5.74, 6) is 0.421. The van der Waals surface area contributed by atoms with Gasteiger partial charge in [0, 0.05) is 16.8 Å². The third kappa shape index (κ3) is 6.23. The predicted molar refractivity (Wildman–Crippen MR) is 138 cm³/mol. The smallest absolute Gasteiger partial charge is 0.251 e. The third-order valence-corrected chi connectivity index (χ3v) is 5.49. The number of halogens is 1. The second-order valence-corrected chi connectivity index (χ2v) is 9.70. The Hall–Kier alpha value is -4.54. The van der Waals surface area contributed by atoms with Crippen LogP contribution in [0.4, 0.5) is 10.1 Å². The van der Waals surface area contributed by atoms with Gasteiger partial charge in [-0.25, -0.2) is 4.39 Å². The molecule has 0 aliphatic heterocycles. The van der Waals surface area contributed by atoms with E-state index in [9.17, 15) is 14.0 Å². The Bertz CT molecular complexity index is 1410. The number of carbonyl (C=O) groups excluding carboxylic acids is 2. The molecule has 0 spiro atoms. The molecule has 0 aliphatic rings. The average Bonchev–Trinajstić information content (AvgIpc) is 3.50. The second kappa shape index (κ2) is 10.8. The summed E-state index contributed by atoms with van der Waals surface area (Å²) in [5, 5.41) is 15.2. The number of aromatic nitrogens is 4. The molecule has 4 aromatic rings. The highest BCUT2D eigenvalue weighted by Crippen LogP contribution is 2.31. The van der Waals surface area contributed by atoms with Gasteiger partial charge in [0.2, 0.25) is 5.82 Å². The van der Waals surface area contributed by atoms with Gasteiger partial charge in [-0.2, -0.15) is 4.80 Å². The van der Waals surface area contributed by atoms with Gasteiger partial charge in [-0.1, -0.05) is 0 Å². The van der Waals surface area contributed by atoms with Crippen molar-refractivity contribution in [1.29, 1.82) is 0 Å². The number of nitrogens with one attached hydrogen (secondary N) is 1. The Morgan fingerprint density at radius 1 is 1.08 bits per heavy atom. The number of rotatable bonds is 8. The fraction of sp³-hybridized carbons (Fsp3) is 0.296. The summed E-state index contributed by atoms with van der Waals surface area (Å²) in [6, 6.07) is 14.7. The van der Waals surface area contributed by atoms with Crippen molar-refractivity contribution >= 4 is 17.5 Å². The molecule has 11 heteroatoms. The number of tetrazole rings is 1. The van der Waals surface area contributed by atoms with Gasteiger partial charge in [0.15, 0.2) is 6.04 Å². The molecule has 0 fully saturated rings. The van der Waals surface area contributed by atoms with Crippen LogP contribution >= 0.6 is 0 Å². The van der Waals surface area contributed by atoms with Gasteiger partial charge in [0.25, 0.3) is 11.8 Å². The average molecular weight is 521 g/mol. The van der Waals surface area contributed by atoms with E-state index in [0.29, 0.717) is 28.5 Å². The summed E-state index contributed by atoms with van der Waals surface area (Å²) < 4.78 is 24.4. The second-order valence-electron chi connectivity index (χ2n) is 9.70. The SMILES string of the molecule is COc1ccc(N(C(=O)Cn2nnc(-c3ccc(F)cc3)n2)C(C(=O)NC(C)(C)C)c2ccc(C)o2)cc1. The zero-order valence-electron chi connectivity index (χ0n) is 21.8. The highest BCUT2D eigenvalue weighted by molar-refractivity contribution is 6.01. The molecule has 1 N–H and O–H groups in total. The number of hydrogen-bond acceptors (Lipinski definition) is 7. The molecule has 38 heavy (non-hydrogen) atoms. The molecule has 2 heterocycles. The highest BCUT2D eigenvalue weighted by atomic mass is 19.1. The molecule has 0 radical (unpaired) electrons. The molecule has 2 aromatic heterocycles.